The highest BCUT2D eigenvalue weighted by atomic mass is 16.6. The van der Waals surface area contributed by atoms with Crippen LogP contribution in [0.2, 0.25) is 0 Å². The average Bonchev–Trinajstić information content (AvgIpc) is 2.35. The molecule has 3 N–H and O–H groups in total. The number of non-ortho nitro benzene ring substituents is 1. The van der Waals surface area contributed by atoms with Crippen LogP contribution in [0.15, 0.2) is 18.2 Å². The Morgan fingerprint density at radius 3 is 2.78 bits per heavy atom. The number of nitrogen functional groups attached to an aromatic ring is 1. The second kappa shape index (κ2) is 6.00. The summed E-state index contributed by atoms with van der Waals surface area (Å²) in [5.74, 6) is -0.0228. The number of nitrogens with one attached hydrogen (secondary N) is 1. The summed E-state index contributed by atoms with van der Waals surface area (Å²) in [4.78, 5) is 21.9. The van der Waals surface area contributed by atoms with Crippen LogP contribution in [0.25, 0.3) is 0 Å². The molecule has 1 rings (SSSR count). The summed E-state index contributed by atoms with van der Waals surface area (Å²) < 4.78 is 0. The first-order valence-electron chi connectivity index (χ1n) is 5.77. The standard InChI is InChI=1S/C12H17N3O3/c1-3-8(2)7-14-12(16)10-6-9(15(17)18)4-5-11(10)13/h4-6,8H,3,7,13H2,1-2H3,(H,14,16). The topological polar surface area (TPSA) is 98.3 Å². The zero-order valence-corrected chi connectivity index (χ0v) is 10.5. The molecule has 1 atom stereocenters. The van der Waals surface area contributed by atoms with Gasteiger partial charge in [-0.3, -0.25) is 14.9 Å². The Bertz CT molecular complexity index is 460. The van der Waals surface area contributed by atoms with Crippen LogP contribution in [0.4, 0.5) is 11.4 Å². The van der Waals surface area contributed by atoms with Gasteiger partial charge in [0.15, 0.2) is 0 Å². The average molecular weight is 251 g/mol. The molecule has 1 unspecified atom stereocenters. The minimum absolute atomic E-state index is 0.141. The SMILES string of the molecule is CCC(C)CNC(=O)c1cc([N+](=O)[O-])ccc1N. The Labute approximate surface area is 105 Å². The molecule has 6 nitrogen and oxygen atoms in total. The van der Waals surface area contributed by atoms with E-state index >= 15 is 0 Å². The van der Waals surface area contributed by atoms with Crippen LogP contribution >= 0.6 is 0 Å². The normalized spacial score (nSPS) is 11.9. The van der Waals surface area contributed by atoms with Crippen molar-refractivity contribution in [3.05, 3.63) is 33.9 Å². The van der Waals surface area contributed by atoms with Crippen molar-refractivity contribution in [3.63, 3.8) is 0 Å². The smallest absolute Gasteiger partial charge is 0.270 e. The molecule has 98 valence electrons. The lowest BCUT2D eigenvalue weighted by Crippen LogP contribution is -2.28. The van der Waals surface area contributed by atoms with E-state index in [2.05, 4.69) is 5.32 Å². The molecule has 0 saturated carbocycles. The summed E-state index contributed by atoms with van der Waals surface area (Å²) in [5, 5.41) is 13.3. The fourth-order valence-corrected chi connectivity index (χ4v) is 1.36. The van der Waals surface area contributed by atoms with Crippen LogP contribution in [0.3, 0.4) is 0 Å². The minimum Gasteiger partial charge on any atom is -0.398 e. The number of benzene rings is 1. The van der Waals surface area contributed by atoms with Crippen LogP contribution in [0.1, 0.15) is 30.6 Å². The van der Waals surface area contributed by atoms with E-state index in [1.54, 1.807) is 0 Å². The number of nitrogens with zero attached hydrogens (tertiary/aromatic N) is 1. The number of nitrogens with two attached hydrogens (primary N) is 1. The van der Waals surface area contributed by atoms with Crippen LogP contribution in [-0.4, -0.2) is 17.4 Å². The first-order valence-corrected chi connectivity index (χ1v) is 5.77. The number of hydrogen-bond donors (Lipinski definition) is 2. The summed E-state index contributed by atoms with van der Waals surface area (Å²) in [6, 6.07) is 3.85. The molecular weight excluding hydrogens is 234 g/mol. The molecule has 0 aliphatic rings. The molecule has 0 aromatic heterocycles. The van der Waals surface area contributed by atoms with Gasteiger partial charge in [-0.2, -0.15) is 0 Å². The summed E-state index contributed by atoms with van der Waals surface area (Å²) in [5.41, 5.74) is 5.89. The molecule has 0 spiro atoms. The van der Waals surface area contributed by atoms with Crippen LogP contribution in [0, 0.1) is 16.0 Å². The van der Waals surface area contributed by atoms with Crippen LogP contribution in [-0.2, 0) is 0 Å². The molecule has 18 heavy (non-hydrogen) atoms. The predicted molar refractivity (Wildman–Crippen MR) is 69.3 cm³/mol. The highest BCUT2D eigenvalue weighted by Crippen LogP contribution is 2.19. The molecule has 0 bridgehead atoms. The van der Waals surface area contributed by atoms with Crippen LogP contribution < -0.4 is 11.1 Å². The Hall–Kier alpha value is -2.11. The Morgan fingerprint density at radius 1 is 1.56 bits per heavy atom. The van der Waals surface area contributed by atoms with Crippen molar-refractivity contribution in [1.29, 1.82) is 0 Å². The number of nitro benzene ring substituents is 1. The van der Waals surface area contributed by atoms with Crippen LogP contribution in [0.5, 0.6) is 0 Å². The fraction of sp³-hybridized carbons (Fsp3) is 0.417. The predicted octanol–water partition coefficient (Wildman–Crippen LogP) is 1.95. The van der Waals surface area contributed by atoms with Gasteiger partial charge in [-0.05, 0) is 12.0 Å². The number of amides is 1. The van der Waals surface area contributed by atoms with Crippen molar-refractivity contribution in [3.8, 4) is 0 Å². The first kappa shape index (κ1) is 14.0. The van der Waals surface area contributed by atoms with E-state index < -0.39 is 4.92 Å². The van der Waals surface area contributed by atoms with Gasteiger partial charge in [0, 0.05) is 24.4 Å². The lowest BCUT2D eigenvalue weighted by Gasteiger charge is -2.11. The quantitative estimate of drug-likeness (QED) is 0.474. The highest BCUT2D eigenvalue weighted by molar-refractivity contribution is 5.99. The van der Waals surface area contributed by atoms with Crippen molar-refractivity contribution in [2.24, 2.45) is 5.92 Å². The Balaban J connectivity index is 2.84. The lowest BCUT2D eigenvalue weighted by atomic mass is 10.1. The summed E-state index contributed by atoms with van der Waals surface area (Å²) in [6.45, 7) is 4.56. The zero-order valence-electron chi connectivity index (χ0n) is 10.5. The Morgan fingerprint density at radius 2 is 2.22 bits per heavy atom. The monoisotopic (exact) mass is 251 g/mol. The van der Waals surface area contributed by atoms with Gasteiger partial charge in [0.05, 0.1) is 10.5 Å². The molecule has 0 aliphatic carbocycles. The zero-order chi connectivity index (χ0) is 13.7. The van der Waals surface area contributed by atoms with E-state index in [1.807, 2.05) is 13.8 Å². The summed E-state index contributed by atoms with van der Waals surface area (Å²) in [7, 11) is 0. The van der Waals surface area contributed by atoms with Gasteiger partial charge in [-0.1, -0.05) is 20.3 Å². The second-order valence-corrected chi connectivity index (χ2v) is 4.25. The number of carbonyl (C=O) groups excluding carboxylic acids is 1. The second-order valence-electron chi connectivity index (χ2n) is 4.25. The van der Waals surface area contributed by atoms with Crippen molar-refractivity contribution in [2.75, 3.05) is 12.3 Å². The number of carbonyl (C=O) groups is 1. The molecule has 1 aromatic rings. The molecule has 1 aromatic carbocycles. The van der Waals surface area contributed by atoms with Gasteiger partial charge >= 0.3 is 0 Å². The molecule has 0 saturated heterocycles. The van der Waals surface area contributed by atoms with E-state index in [0.29, 0.717) is 12.5 Å². The molecule has 0 heterocycles. The summed E-state index contributed by atoms with van der Waals surface area (Å²) >= 11 is 0. The minimum atomic E-state index is -0.551. The van der Waals surface area contributed by atoms with Crippen molar-refractivity contribution < 1.29 is 9.72 Å². The molecule has 0 fully saturated rings. The number of nitro groups is 1. The summed E-state index contributed by atoms with van der Waals surface area (Å²) in [6.07, 6.45) is 0.949. The Kier molecular flexibility index (Phi) is 4.65. The van der Waals surface area contributed by atoms with E-state index in [1.165, 1.54) is 18.2 Å². The first-order chi connectivity index (χ1) is 8.45. The van der Waals surface area contributed by atoms with Gasteiger partial charge in [-0.15, -0.1) is 0 Å². The van der Waals surface area contributed by atoms with E-state index in [9.17, 15) is 14.9 Å². The molecule has 0 radical (unpaired) electrons. The molecule has 0 aliphatic heterocycles. The van der Waals surface area contributed by atoms with Gasteiger partial charge in [0.25, 0.3) is 11.6 Å². The van der Waals surface area contributed by atoms with Gasteiger partial charge in [0.1, 0.15) is 0 Å². The highest BCUT2D eigenvalue weighted by Gasteiger charge is 2.15. The van der Waals surface area contributed by atoms with E-state index in [-0.39, 0.29) is 22.8 Å². The van der Waals surface area contributed by atoms with Crippen molar-refractivity contribution >= 4 is 17.3 Å². The third-order valence-electron chi connectivity index (χ3n) is 2.80. The van der Waals surface area contributed by atoms with Gasteiger partial charge in [-0.25, -0.2) is 0 Å². The third kappa shape index (κ3) is 3.44. The van der Waals surface area contributed by atoms with E-state index in [4.69, 9.17) is 5.73 Å². The maximum atomic E-state index is 11.8. The van der Waals surface area contributed by atoms with Crippen molar-refractivity contribution in [1.82, 2.24) is 5.32 Å². The third-order valence-corrected chi connectivity index (χ3v) is 2.80. The number of hydrogen-bond acceptors (Lipinski definition) is 4. The van der Waals surface area contributed by atoms with Gasteiger partial charge < -0.3 is 11.1 Å². The number of rotatable bonds is 5. The largest absolute Gasteiger partial charge is 0.398 e. The van der Waals surface area contributed by atoms with Crippen molar-refractivity contribution in [2.45, 2.75) is 20.3 Å². The maximum Gasteiger partial charge on any atom is 0.270 e. The van der Waals surface area contributed by atoms with Gasteiger partial charge in [0.2, 0.25) is 0 Å². The molecule has 6 heteroatoms. The molecular formula is C12H17N3O3. The lowest BCUT2D eigenvalue weighted by molar-refractivity contribution is -0.384. The maximum absolute atomic E-state index is 11.8. The molecule has 1 amide bonds. The van der Waals surface area contributed by atoms with E-state index in [0.717, 1.165) is 6.42 Å². The fourth-order valence-electron chi connectivity index (χ4n) is 1.36. The number of anilines is 1.